The molecule has 1 saturated carbocycles. The Hall–Kier alpha value is -2.45. The molecule has 3 rings (SSSR count). The lowest BCUT2D eigenvalue weighted by Crippen LogP contribution is -2.16. The highest BCUT2D eigenvalue weighted by Gasteiger charge is 2.32. The maximum atomic E-state index is 12.8. The van der Waals surface area contributed by atoms with Crippen molar-refractivity contribution in [2.24, 2.45) is 0 Å². The van der Waals surface area contributed by atoms with Crippen LogP contribution in [0.3, 0.4) is 0 Å². The van der Waals surface area contributed by atoms with Crippen molar-refractivity contribution in [1.82, 2.24) is 19.9 Å². The highest BCUT2D eigenvalue weighted by molar-refractivity contribution is 5.54. The van der Waals surface area contributed by atoms with E-state index in [0.717, 1.165) is 37.9 Å². The Kier molecular flexibility index (Phi) is 5.24. The predicted octanol–water partition coefficient (Wildman–Crippen LogP) is 4.51. The Morgan fingerprint density at radius 2 is 1.77 bits per heavy atom. The SMILES string of the molecule is CC(C)Nc1nc(Nc2ccnc(C(F)(F)F)c2)nc(C2CCCC2)n1. The van der Waals surface area contributed by atoms with Crippen molar-refractivity contribution in [2.75, 3.05) is 10.6 Å². The van der Waals surface area contributed by atoms with Gasteiger partial charge in [0.05, 0.1) is 0 Å². The molecule has 1 aliphatic rings. The van der Waals surface area contributed by atoms with E-state index < -0.39 is 11.9 Å². The molecule has 2 aromatic rings. The van der Waals surface area contributed by atoms with Gasteiger partial charge in [0.2, 0.25) is 11.9 Å². The minimum atomic E-state index is -4.50. The lowest BCUT2D eigenvalue weighted by atomic mass is 10.1. The lowest BCUT2D eigenvalue weighted by molar-refractivity contribution is -0.141. The first-order valence-corrected chi connectivity index (χ1v) is 8.64. The van der Waals surface area contributed by atoms with Crippen LogP contribution in [0.2, 0.25) is 0 Å². The van der Waals surface area contributed by atoms with Crippen molar-refractivity contribution >= 4 is 17.6 Å². The molecule has 0 atom stereocenters. The summed E-state index contributed by atoms with van der Waals surface area (Å²) in [6.07, 6.45) is 0.889. The number of anilines is 3. The molecule has 9 heteroatoms. The zero-order chi connectivity index (χ0) is 18.7. The van der Waals surface area contributed by atoms with Crippen LogP contribution in [0.1, 0.15) is 57.0 Å². The molecular weight excluding hydrogens is 345 g/mol. The van der Waals surface area contributed by atoms with Crippen LogP contribution in [0.5, 0.6) is 0 Å². The molecule has 1 aliphatic carbocycles. The summed E-state index contributed by atoms with van der Waals surface area (Å²) in [5.41, 5.74) is -0.737. The van der Waals surface area contributed by atoms with Crippen molar-refractivity contribution in [2.45, 2.75) is 57.7 Å². The van der Waals surface area contributed by atoms with Gasteiger partial charge in [0.25, 0.3) is 0 Å². The Labute approximate surface area is 149 Å². The van der Waals surface area contributed by atoms with Crippen molar-refractivity contribution in [3.63, 3.8) is 0 Å². The average Bonchev–Trinajstić information content (AvgIpc) is 3.08. The third kappa shape index (κ3) is 4.59. The van der Waals surface area contributed by atoms with E-state index in [0.29, 0.717) is 11.8 Å². The summed E-state index contributed by atoms with van der Waals surface area (Å²) in [5, 5.41) is 5.99. The van der Waals surface area contributed by atoms with Gasteiger partial charge < -0.3 is 10.6 Å². The molecule has 2 N–H and O–H groups in total. The van der Waals surface area contributed by atoms with Crippen molar-refractivity contribution in [3.05, 3.63) is 29.8 Å². The number of nitrogens with zero attached hydrogens (tertiary/aromatic N) is 4. The van der Waals surface area contributed by atoms with Crippen LogP contribution in [-0.2, 0) is 6.18 Å². The normalized spacial score (nSPS) is 15.5. The average molecular weight is 366 g/mol. The number of alkyl halides is 3. The summed E-state index contributed by atoms with van der Waals surface area (Å²) in [4.78, 5) is 16.6. The maximum Gasteiger partial charge on any atom is 0.433 e. The standard InChI is InChI=1S/C17H21F3N6/c1-10(2)22-15-24-14(11-5-3-4-6-11)25-16(26-15)23-12-7-8-21-13(9-12)17(18,19)20/h7-11H,3-6H2,1-2H3,(H2,21,22,23,24,25,26). The summed E-state index contributed by atoms with van der Waals surface area (Å²) in [6.45, 7) is 3.93. The molecule has 0 spiro atoms. The molecule has 1 fully saturated rings. The van der Waals surface area contributed by atoms with Gasteiger partial charge >= 0.3 is 6.18 Å². The second-order valence-electron chi connectivity index (χ2n) is 6.67. The molecule has 0 amide bonds. The summed E-state index contributed by atoms with van der Waals surface area (Å²) >= 11 is 0. The number of nitrogens with one attached hydrogen (secondary N) is 2. The van der Waals surface area contributed by atoms with Gasteiger partial charge in [0.1, 0.15) is 11.5 Å². The molecule has 0 aliphatic heterocycles. The minimum absolute atomic E-state index is 0.124. The molecule has 2 aromatic heterocycles. The van der Waals surface area contributed by atoms with E-state index in [4.69, 9.17) is 0 Å². The monoisotopic (exact) mass is 366 g/mol. The largest absolute Gasteiger partial charge is 0.433 e. The molecule has 2 heterocycles. The third-order valence-corrected chi connectivity index (χ3v) is 4.10. The maximum absolute atomic E-state index is 12.8. The molecule has 0 saturated heterocycles. The topological polar surface area (TPSA) is 75.6 Å². The van der Waals surface area contributed by atoms with Gasteiger partial charge in [-0.15, -0.1) is 0 Å². The van der Waals surface area contributed by atoms with Gasteiger partial charge in [-0.3, -0.25) is 4.98 Å². The molecule has 140 valence electrons. The van der Waals surface area contributed by atoms with Crippen molar-refractivity contribution < 1.29 is 13.2 Å². The first-order valence-electron chi connectivity index (χ1n) is 8.64. The fourth-order valence-corrected chi connectivity index (χ4v) is 2.93. The zero-order valence-electron chi connectivity index (χ0n) is 14.6. The first kappa shape index (κ1) is 18.3. The van der Waals surface area contributed by atoms with E-state index in [-0.39, 0.29) is 23.6 Å². The Bertz CT molecular complexity index is 756. The van der Waals surface area contributed by atoms with Crippen LogP contribution < -0.4 is 10.6 Å². The first-order chi connectivity index (χ1) is 12.3. The molecule has 26 heavy (non-hydrogen) atoms. The molecule has 0 unspecified atom stereocenters. The van der Waals surface area contributed by atoms with Gasteiger partial charge in [-0.2, -0.15) is 28.1 Å². The van der Waals surface area contributed by atoms with E-state index in [1.807, 2.05) is 13.8 Å². The van der Waals surface area contributed by atoms with Crippen LogP contribution in [0.15, 0.2) is 18.3 Å². The van der Waals surface area contributed by atoms with Crippen molar-refractivity contribution in [1.29, 1.82) is 0 Å². The summed E-state index contributed by atoms with van der Waals surface area (Å²) in [5.74, 6) is 1.58. The number of halogens is 3. The fraction of sp³-hybridized carbons (Fsp3) is 0.529. The van der Waals surface area contributed by atoms with Crippen LogP contribution in [0.4, 0.5) is 30.8 Å². The minimum Gasteiger partial charge on any atom is -0.352 e. The number of aromatic nitrogens is 4. The fourth-order valence-electron chi connectivity index (χ4n) is 2.93. The molecular formula is C17H21F3N6. The van der Waals surface area contributed by atoms with E-state index in [1.54, 1.807) is 0 Å². The number of rotatable bonds is 5. The Morgan fingerprint density at radius 1 is 1.08 bits per heavy atom. The molecule has 0 bridgehead atoms. The number of hydrogen-bond acceptors (Lipinski definition) is 6. The van der Waals surface area contributed by atoms with E-state index in [9.17, 15) is 13.2 Å². The van der Waals surface area contributed by atoms with Crippen LogP contribution >= 0.6 is 0 Å². The van der Waals surface area contributed by atoms with Crippen LogP contribution in [0, 0.1) is 0 Å². The highest BCUT2D eigenvalue weighted by atomic mass is 19.4. The molecule has 0 radical (unpaired) electrons. The summed E-state index contributed by atoms with van der Waals surface area (Å²) in [7, 11) is 0. The Morgan fingerprint density at radius 3 is 2.42 bits per heavy atom. The summed E-state index contributed by atoms with van der Waals surface area (Å²) in [6, 6.07) is 2.51. The summed E-state index contributed by atoms with van der Waals surface area (Å²) < 4.78 is 38.5. The zero-order valence-corrected chi connectivity index (χ0v) is 14.6. The second-order valence-corrected chi connectivity index (χ2v) is 6.67. The predicted molar refractivity (Wildman–Crippen MR) is 92.3 cm³/mol. The van der Waals surface area contributed by atoms with Crippen LogP contribution in [0.25, 0.3) is 0 Å². The van der Waals surface area contributed by atoms with Gasteiger partial charge in [0.15, 0.2) is 0 Å². The van der Waals surface area contributed by atoms with Crippen molar-refractivity contribution in [3.8, 4) is 0 Å². The van der Waals surface area contributed by atoms with E-state index >= 15 is 0 Å². The lowest BCUT2D eigenvalue weighted by Gasteiger charge is -2.15. The van der Waals surface area contributed by atoms with Gasteiger partial charge in [-0.05, 0) is 38.8 Å². The Balaban J connectivity index is 1.89. The second kappa shape index (κ2) is 7.43. The number of hydrogen-bond donors (Lipinski definition) is 2. The smallest absolute Gasteiger partial charge is 0.352 e. The van der Waals surface area contributed by atoms with Gasteiger partial charge in [0, 0.05) is 23.8 Å². The van der Waals surface area contributed by atoms with E-state index in [2.05, 4.69) is 30.6 Å². The van der Waals surface area contributed by atoms with Gasteiger partial charge in [-0.25, -0.2) is 0 Å². The third-order valence-electron chi connectivity index (χ3n) is 4.10. The number of pyridine rings is 1. The molecule has 0 aromatic carbocycles. The quantitative estimate of drug-likeness (QED) is 0.811. The highest BCUT2D eigenvalue weighted by Crippen LogP contribution is 2.33. The van der Waals surface area contributed by atoms with E-state index in [1.165, 1.54) is 6.07 Å². The molecule has 6 nitrogen and oxygen atoms in total. The van der Waals surface area contributed by atoms with Crippen LogP contribution in [-0.4, -0.2) is 26.0 Å². The van der Waals surface area contributed by atoms with Gasteiger partial charge in [-0.1, -0.05) is 12.8 Å².